The molecule has 2 heterocycles. The minimum absolute atomic E-state index is 0.0533. The van der Waals surface area contributed by atoms with Crippen LogP contribution in [0.2, 0.25) is 5.02 Å². The molecule has 22 heavy (non-hydrogen) atoms. The number of oxazole rings is 1. The van der Waals surface area contributed by atoms with Crippen molar-refractivity contribution in [1.29, 1.82) is 0 Å². The smallest absolute Gasteiger partial charge is 0.298 e. The van der Waals surface area contributed by atoms with Crippen molar-refractivity contribution in [3.8, 4) is 0 Å². The van der Waals surface area contributed by atoms with E-state index in [-0.39, 0.29) is 17.9 Å². The van der Waals surface area contributed by atoms with Gasteiger partial charge in [0.2, 0.25) is 5.91 Å². The first-order valence-electron chi connectivity index (χ1n) is 6.91. The molecular formula is C14H15Cl2N3O3. The number of nitrogens with zero attached hydrogens (tertiary/aromatic N) is 2. The third-order valence-corrected chi connectivity index (χ3v) is 3.87. The van der Waals surface area contributed by atoms with E-state index in [0.717, 1.165) is 5.52 Å². The molecule has 0 aliphatic carbocycles. The molecular weight excluding hydrogens is 329 g/mol. The monoisotopic (exact) mass is 343 g/mol. The van der Waals surface area contributed by atoms with E-state index >= 15 is 0 Å². The van der Waals surface area contributed by atoms with Crippen LogP contribution < -0.4 is 10.2 Å². The zero-order chi connectivity index (χ0) is 15.5. The van der Waals surface area contributed by atoms with E-state index in [9.17, 15) is 4.79 Å². The lowest BCUT2D eigenvalue weighted by Gasteiger charge is -2.31. The molecule has 3 rings (SSSR count). The Hall–Kier alpha value is -1.50. The first-order chi connectivity index (χ1) is 10.7. The summed E-state index contributed by atoms with van der Waals surface area (Å²) >= 11 is 11.4. The van der Waals surface area contributed by atoms with Gasteiger partial charge in [0.25, 0.3) is 6.01 Å². The van der Waals surface area contributed by atoms with Crippen LogP contribution in [-0.4, -0.2) is 49.1 Å². The number of hydrogen-bond acceptors (Lipinski definition) is 5. The molecule has 1 aliphatic rings. The Bertz CT molecular complexity index is 676. The second-order valence-corrected chi connectivity index (χ2v) is 5.69. The fourth-order valence-electron chi connectivity index (χ4n) is 2.32. The van der Waals surface area contributed by atoms with Crippen molar-refractivity contribution in [1.82, 2.24) is 10.3 Å². The third kappa shape index (κ3) is 3.45. The number of carbonyl (C=O) groups is 1. The highest BCUT2D eigenvalue weighted by Crippen LogP contribution is 2.25. The number of fused-ring (bicyclic) bond motifs is 1. The van der Waals surface area contributed by atoms with Gasteiger partial charge in [-0.3, -0.25) is 4.79 Å². The van der Waals surface area contributed by atoms with Crippen molar-refractivity contribution < 1.29 is 13.9 Å². The molecule has 6 nitrogen and oxygen atoms in total. The lowest BCUT2D eigenvalue weighted by molar-refractivity contribution is -0.119. The number of amides is 1. The highest BCUT2D eigenvalue weighted by molar-refractivity contribution is 6.31. The molecule has 1 saturated heterocycles. The van der Waals surface area contributed by atoms with Gasteiger partial charge in [-0.15, -0.1) is 11.6 Å². The average molecular weight is 344 g/mol. The molecule has 118 valence electrons. The molecule has 1 unspecified atom stereocenters. The Balaban J connectivity index is 1.69. The van der Waals surface area contributed by atoms with Crippen molar-refractivity contribution in [3.05, 3.63) is 23.2 Å². The van der Waals surface area contributed by atoms with Crippen LogP contribution in [0.15, 0.2) is 22.6 Å². The number of halogens is 2. The van der Waals surface area contributed by atoms with Gasteiger partial charge in [0.1, 0.15) is 11.4 Å². The summed E-state index contributed by atoms with van der Waals surface area (Å²) in [6, 6.07) is 5.87. The van der Waals surface area contributed by atoms with Crippen LogP contribution in [0.3, 0.4) is 0 Å². The summed E-state index contributed by atoms with van der Waals surface area (Å²) in [5.74, 6) is -0.263. The van der Waals surface area contributed by atoms with Crippen molar-refractivity contribution in [3.63, 3.8) is 0 Å². The quantitative estimate of drug-likeness (QED) is 0.860. The molecule has 1 fully saturated rings. The van der Waals surface area contributed by atoms with Gasteiger partial charge in [-0.1, -0.05) is 11.6 Å². The zero-order valence-electron chi connectivity index (χ0n) is 11.7. The summed E-state index contributed by atoms with van der Waals surface area (Å²) in [5.41, 5.74) is 1.42. The number of carbonyl (C=O) groups excluding carboxylic acids is 1. The number of rotatable bonds is 4. The van der Waals surface area contributed by atoms with Gasteiger partial charge in [0.15, 0.2) is 5.58 Å². The topological polar surface area (TPSA) is 67.6 Å². The summed E-state index contributed by atoms with van der Waals surface area (Å²) in [4.78, 5) is 17.6. The first-order valence-corrected chi connectivity index (χ1v) is 7.82. The predicted octanol–water partition coefficient (Wildman–Crippen LogP) is 2.04. The molecule has 1 aliphatic heterocycles. The number of nitrogens with one attached hydrogen (secondary N) is 1. The minimum atomic E-state index is -0.209. The Kier molecular flexibility index (Phi) is 4.71. The lowest BCUT2D eigenvalue weighted by Crippen LogP contribution is -2.48. The third-order valence-electron chi connectivity index (χ3n) is 3.40. The maximum Gasteiger partial charge on any atom is 0.298 e. The maximum absolute atomic E-state index is 11.2. The number of hydrogen-bond donors (Lipinski definition) is 1. The molecule has 0 saturated carbocycles. The number of anilines is 1. The summed E-state index contributed by atoms with van der Waals surface area (Å²) in [5, 5.41) is 3.34. The Labute approximate surface area is 137 Å². The van der Waals surface area contributed by atoms with E-state index in [0.29, 0.717) is 42.9 Å². The van der Waals surface area contributed by atoms with Gasteiger partial charge < -0.3 is 19.4 Å². The summed E-state index contributed by atoms with van der Waals surface area (Å²) in [6.45, 7) is 2.22. The second-order valence-electron chi connectivity index (χ2n) is 4.99. The molecule has 1 N–H and O–H groups in total. The molecule has 0 radical (unpaired) electrons. The van der Waals surface area contributed by atoms with E-state index in [1.54, 1.807) is 18.2 Å². The van der Waals surface area contributed by atoms with Crippen LogP contribution in [0.5, 0.6) is 0 Å². The number of ether oxygens (including phenoxy) is 1. The first kappa shape index (κ1) is 15.4. The molecule has 0 bridgehead atoms. The highest BCUT2D eigenvalue weighted by atomic mass is 35.5. The van der Waals surface area contributed by atoms with Gasteiger partial charge in [-0.05, 0) is 18.2 Å². The van der Waals surface area contributed by atoms with Crippen LogP contribution in [0, 0.1) is 0 Å². The highest BCUT2D eigenvalue weighted by Gasteiger charge is 2.24. The van der Waals surface area contributed by atoms with Crippen LogP contribution >= 0.6 is 23.2 Å². The van der Waals surface area contributed by atoms with E-state index in [1.165, 1.54) is 0 Å². The summed E-state index contributed by atoms with van der Waals surface area (Å²) < 4.78 is 11.4. The number of benzene rings is 1. The molecule has 8 heteroatoms. The molecule has 1 aromatic heterocycles. The minimum Gasteiger partial charge on any atom is -0.423 e. The molecule has 1 aromatic carbocycles. The van der Waals surface area contributed by atoms with Gasteiger partial charge in [0.05, 0.1) is 19.3 Å². The van der Waals surface area contributed by atoms with Gasteiger partial charge >= 0.3 is 0 Å². The standard InChI is InChI=1S/C14H15Cl2N3O3/c15-6-13(20)17-7-10-8-19(3-4-21-10)14-18-11-5-9(16)1-2-12(11)22-14/h1-2,5,10H,3-4,6-8H2,(H,17,20). The molecule has 2 aromatic rings. The van der Waals surface area contributed by atoms with E-state index in [4.69, 9.17) is 32.4 Å². The van der Waals surface area contributed by atoms with E-state index in [1.807, 2.05) is 4.90 Å². The number of alkyl halides is 1. The van der Waals surface area contributed by atoms with Gasteiger partial charge in [-0.25, -0.2) is 0 Å². The van der Waals surface area contributed by atoms with E-state index in [2.05, 4.69) is 10.3 Å². The van der Waals surface area contributed by atoms with Gasteiger partial charge in [-0.2, -0.15) is 4.98 Å². The van der Waals surface area contributed by atoms with Crippen molar-refractivity contribution in [2.75, 3.05) is 37.0 Å². The van der Waals surface area contributed by atoms with Crippen molar-refractivity contribution in [2.24, 2.45) is 0 Å². The normalized spacial score (nSPS) is 18.6. The Morgan fingerprint density at radius 1 is 1.50 bits per heavy atom. The largest absolute Gasteiger partial charge is 0.423 e. The fraction of sp³-hybridized carbons (Fsp3) is 0.429. The predicted molar refractivity (Wildman–Crippen MR) is 84.7 cm³/mol. The second kappa shape index (κ2) is 6.73. The lowest BCUT2D eigenvalue weighted by atomic mass is 10.3. The fourth-order valence-corrected chi connectivity index (χ4v) is 2.58. The summed E-state index contributed by atoms with van der Waals surface area (Å²) in [7, 11) is 0. The van der Waals surface area contributed by atoms with Crippen LogP contribution in [-0.2, 0) is 9.53 Å². The number of aromatic nitrogens is 1. The van der Waals surface area contributed by atoms with Crippen LogP contribution in [0.4, 0.5) is 6.01 Å². The molecule has 0 spiro atoms. The zero-order valence-corrected chi connectivity index (χ0v) is 13.2. The maximum atomic E-state index is 11.2. The number of morpholine rings is 1. The molecule has 1 atom stereocenters. The average Bonchev–Trinajstić information content (AvgIpc) is 2.96. The van der Waals surface area contributed by atoms with Crippen molar-refractivity contribution in [2.45, 2.75) is 6.10 Å². The van der Waals surface area contributed by atoms with Crippen molar-refractivity contribution >= 4 is 46.2 Å². The Morgan fingerprint density at radius 2 is 2.36 bits per heavy atom. The van der Waals surface area contributed by atoms with Crippen LogP contribution in [0.1, 0.15) is 0 Å². The van der Waals surface area contributed by atoms with Crippen LogP contribution in [0.25, 0.3) is 11.1 Å². The van der Waals surface area contributed by atoms with E-state index < -0.39 is 0 Å². The molecule has 1 amide bonds. The SMILES string of the molecule is O=C(CCl)NCC1CN(c2nc3cc(Cl)ccc3o2)CCO1. The summed E-state index contributed by atoms with van der Waals surface area (Å²) in [6.07, 6.45) is -0.125. The Morgan fingerprint density at radius 3 is 3.18 bits per heavy atom. The van der Waals surface area contributed by atoms with Gasteiger partial charge in [0, 0.05) is 18.1 Å².